The van der Waals surface area contributed by atoms with Gasteiger partial charge in [-0.3, -0.25) is 4.79 Å². The fourth-order valence-electron chi connectivity index (χ4n) is 2.83. The molecule has 0 amide bonds. The first kappa shape index (κ1) is 16.3. The minimum absolute atomic E-state index is 0.282. The molecular weight excluding hydrogens is 280 g/mol. The molecular formula is C18H22O4. The normalized spacial score (nSPS) is 16.0. The molecule has 1 aliphatic carbocycles. The molecule has 0 fully saturated rings. The van der Waals surface area contributed by atoms with Gasteiger partial charge in [0, 0.05) is 0 Å². The van der Waals surface area contributed by atoms with E-state index in [1.165, 1.54) is 0 Å². The average molecular weight is 302 g/mol. The van der Waals surface area contributed by atoms with E-state index in [2.05, 4.69) is 6.92 Å². The van der Waals surface area contributed by atoms with Gasteiger partial charge >= 0.3 is 11.9 Å². The molecule has 0 N–H and O–H groups in total. The quantitative estimate of drug-likeness (QED) is 0.757. The van der Waals surface area contributed by atoms with Crippen LogP contribution in [0.15, 0.2) is 23.8 Å². The third kappa shape index (κ3) is 3.06. The fraction of sp³-hybridized carbons (Fsp3) is 0.444. The van der Waals surface area contributed by atoms with Gasteiger partial charge in [-0.2, -0.15) is 0 Å². The van der Waals surface area contributed by atoms with Gasteiger partial charge in [0.1, 0.15) is 5.92 Å². The molecule has 1 unspecified atom stereocenters. The summed E-state index contributed by atoms with van der Waals surface area (Å²) in [5.74, 6) is -1.51. The van der Waals surface area contributed by atoms with Crippen LogP contribution in [-0.4, -0.2) is 25.2 Å². The van der Waals surface area contributed by atoms with Crippen LogP contribution in [0, 0.1) is 0 Å². The largest absolute Gasteiger partial charge is 0.465 e. The van der Waals surface area contributed by atoms with Crippen LogP contribution in [0.1, 0.15) is 49.8 Å². The van der Waals surface area contributed by atoms with E-state index in [-0.39, 0.29) is 13.2 Å². The summed E-state index contributed by atoms with van der Waals surface area (Å²) < 4.78 is 10.3. The highest BCUT2D eigenvalue weighted by atomic mass is 16.5. The zero-order chi connectivity index (χ0) is 16.1. The Morgan fingerprint density at radius 1 is 1.09 bits per heavy atom. The van der Waals surface area contributed by atoms with Crippen LogP contribution in [0.5, 0.6) is 0 Å². The first-order valence-corrected chi connectivity index (χ1v) is 7.81. The third-order valence-corrected chi connectivity index (χ3v) is 3.70. The number of aryl methyl sites for hydroxylation is 1. The molecule has 0 saturated carbocycles. The molecule has 1 aromatic rings. The molecule has 0 aliphatic heterocycles. The second-order valence-electron chi connectivity index (χ2n) is 5.18. The third-order valence-electron chi connectivity index (χ3n) is 3.70. The van der Waals surface area contributed by atoms with Crippen molar-refractivity contribution in [1.29, 1.82) is 0 Å². The summed E-state index contributed by atoms with van der Waals surface area (Å²) in [6.45, 7) is 6.18. The average Bonchev–Trinajstić information content (AvgIpc) is 2.88. The Bertz CT molecular complexity index is 601. The maximum atomic E-state index is 12.3. The summed E-state index contributed by atoms with van der Waals surface area (Å²) in [7, 11) is 0. The smallest absolute Gasteiger partial charge is 0.335 e. The Balaban J connectivity index is 2.47. The zero-order valence-corrected chi connectivity index (χ0v) is 13.3. The molecule has 2 rings (SSSR count). The number of benzene rings is 1. The minimum atomic E-state index is -0.675. The second kappa shape index (κ2) is 7.25. The fourth-order valence-corrected chi connectivity index (χ4v) is 2.83. The van der Waals surface area contributed by atoms with E-state index >= 15 is 0 Å². The summed E-state index contributed by atoms with van der Waals surface area (Å²) in [5, 5.41) is 0. The van der Waals surface area contributed by atoms with Crippen molar-refractivity contribution in [3.63, 3.8) is 0 Å². The molecule has 0 saturated heterocycles. The van der Waals surface area contributed by atoms with E-state index in [0.717, 1.165) is 29.5 Å². The Hall–Kier alpha value is -2.10. The van der Waals surface area contributed by atoms with E-state index in [1.807, 2.05) is 18.2 Å². The molecule has 0 aromatic heterocycles. The lowest BCUT2D eigenvalue weighted by atomic mass is 9.93. The van der Waals surface area contributed by atoms with E-state index < -0.39 is 17.9 Å². The maximum Gasteiger partial charge on any atom is 0.335 e. The van der Waals surface area contributed by atoms with Crippen molar-refractivity contribution in [1.82, 2.24) is 0 Å². The van der Waals surface area contributed by atoms with Crippen molar-refractivity contribution in [2.45, 2.75) is 39.5 Å². The number of carbonyl (C=O) groups excluding carboxylic acids is 2. The number of fused-ring (bicyclic) bond motifs is 1. The van der Waals surface area contributed by atoms with Crippen LogP contribution in [-0.2, 0) is 25.5 Å². The lowest BCUT2D eigenvalue weighted by Crippen LogP contribution is -2.21. The SMILES string of the molecule is CCCc1cccc2c1C=C(C(=O)OCC)C2C(=O)OCC. The van der Waals surface area contributed by atoms with Crippen molar-refractivity contribution >= 4 is 18.0 Å². The highest BCUT2D eigenvalue weighted by Crippen LogP contribution is 2.39. The molecule has 0 radical (unpaired) electrons. The molecule has 0 heterocycles. The Labute approximate surface area is 131 Å². The van der Waals surface area contributed by atoms with Gasteiger partial charge in [-0.05, 0) is 43.0 Å². The van der Waals surface area contributed by atoms with Gasteiger partial charge in [0.25, 0.3) is 0 Å². The second-order valence-corrected chi connectivity index (χ2v) is 5.18. The van der Waals surface area contributed by atoms with Crippen LogP contribution in [0.25, 0.3) is 6.08 Å². The van der Waals surface area contributed by atoms with Gasteiger partial charge in [-0.1, -0.05) is 31.5 Å². The first-order chi connectivity index (χ1) is 10.6. The molecule has 4 nitrogen and oxygen atoms in total. The highest BCUT2D eigenvalue weighted by Gasteiger charge is 2.37. The molecule has 22 heavy (non-hydrogen) atoms. The number of ether oxygens (including phenoxy) is 2. The van der Waals surface area contributed by atoms with Crippen molar-refractivity contribution in [2.24, 2.45) is 0 Å². The van der Waals surface area contributed by atoms with Gasteiger partial charge in [0.05, 0.1) is 18.8 Å². The van der Waals surface area contributed by atoms with Crippen molar-refractivity contribution in [2.75, 3.05) is 13.2 Å². The van der Waals surface area contributed by atoms with Gasteiger partial charge in [0.15, 0.2) is 0 Å². The number of hydrogen-bond acceptors (Lipinski definition) is 4. The van der Waals surface area contributed by atoms with E-state index in [4.69, 9.17) is 9.47 Å². The van der Waals surface area contributed by atoms with Crippen LogP contribution in [0.4, 0.5) is 0 Å². The molecule has 0 spiro atoms. The maximum absolute atomic E-state index is 12.3. The standard InChI is InChI=1S/C18H22O4/c1-4-8-12-9-7-10-13-14(12)11-15(17(19)21-5-2)16(13)18(20)22-6-3/h7,9-11,16H,4-6,8H2,1-3H3. The Morgan fingerprint density at radius 2 is 1.82 bits per heavy atom. The van der Waals surface area contributed by atoms with Crippen molar-refractivity contribution < 1.29 is 19.1 Å². The van der Waals surface area contributed by atoms with E-state index in [9.17, 15) is 9.59 Å². The number of rotatable bonds is 6. The molecule has 1 aliphatic rings. The topological polar surface area (TPSA) is 52.6 Å². The number of carbonyl (C=O) groups is 2. The Morgan fingerprint density at radius 3 is 2.45 bits per heavy atom. The van der Waals surface area contributed by atoms with E-state index in [0.29, 0.717) is 5.57 Å². The molecule has 118 valence electrons. The summed E-state index contributed by atoms with van der Waals surface area (Å²) in [6, 6.07) is 5.85. The summed E-state index contributed by atoms with van der Waals surface area (Å²) >= 11 is 0. The van der Waals surface area contributed by atoms with E-state index in [1.54, 1.807) is 19.9 Å². The van der Waals surface area contributed by atoms with Crippen LogP contribution in [0.3, 0.4) is 0 Å². The van der Waals surface area contributed by atoms with Gasteiger partial charge in [-0.25, -0.2) is 4.79 Å². The molecule has 0 bridgehead atoms. The summed E-state index contributed by atoms with van der Waals surface area (Å²) in [5.41, 5.74) is 3.32. The highest BCUT2D eigenvalue weighted by molar-refractivity contribution is 6.06. The minimum Gasteiger partial charge on any atom is -0.465 e. The lowest BCUT2D eigenvalue weighted by Gasteiger charge is -2.15. The van der Waals surface area contributed by atoms with Crippen LogP contribution in [0.2, 0.25) is 0 Å². The van der Waals surface area contributed by atoms with Gasteiger partial charge in [-0.15, -0.1) is 0 Å². The van der Waals surface area contributed by atoms with Gasteiger partial charge in [0.2, 0.25) is 0 Å². The zero-order valence-electron chi connectivity index (χ0n) is 13.3. The Kier molecular flexibility index (Phi) is 5.36. The van der Waals surface area contributed by atoms with Crippen molar-refractivity contribution in [3.8, 4) is 0 Å². The van der Waals surface area contributed by atoms with Crippen LogP contribution < -0.4 is 0 Å². The summed E-state index contributed by atoms with van der Waals surface area (Å²) in [6.07, 6.45) is 3.70. The number of hydrogen-bond donors (Lipinski definition) is 0. The van der Waals surface area contributed by atoms with Crippen molar-refractivity contribution in [3.05, 3.63) is 40.5 Å². The first-order valence-electron chi connectivity index (χ1n) is 7.81. The molecule has 1 aromatic carbocycles. The lowest BCUT2D eigenvalue weighted by molar-refractivity contribution is -0.147. The number of esters is 2. The predicted molar refractivity (Wildman–Crippen MR) is 84.4 cm³/mol. The van der Waals surface area contributed by atoms with Crippen LogP contribution >= 0.6 is 0 Å². The molecule has 4 heteroatoms. The molecule has 1 atom stereocenters. The predicted octanol–water partition coefficient (Wildman–Crippen LogP) is 3.25. The monoisotopic (exact) mass is 302 g/mol. The van der Waals surface area contributed by atoms with Gasteiger partial charge < -0.3 is 9.47 Å². The summed E-state index contributed by atoms with van der Waals surface area (Å²) in [4.78, 5) is 24.5.